The summed E-state index contributed by atoms with van der Waals surface area (Å²) in [5.74, 6) is 0.818. The van der Waals surface area contributed by atoms with E-state index in [1.807, 2.05) is 38.1 Å². The Labute approximate surface area is 126 Å². The highest BCUT2D eigenvalue weighted by Crippen LogP contribution is 2.12. The molecule has 0 spiro atoms. The van der Waals surface area contributed by atoms with Crippen LogP contribution in [0.4, 0.5) is 0 Å². The van der Waals surface area contributed by atoms with E-state index in [9.17, 15) is 0 Å². The van der Waals surface area contributed by atoms with Crippen molar-refractivity contribution in [2.24, 2.45) is 5.73 Å². The van der Waals surface area contributed by atoms with Crippen LogP contribution in [-0.2, 0) is 15.9 Å². The van der Waals surface area contributed by atoms with Gasteiger partial charge in [-0.1, -0.05) is 24.4 Å². The Morgan fingerprint density at radius 3 is 2.35 bits per heavy atom. The first-order chi connectivity index (χ1) is 9.58. The summed E-state index contributed by atoms with van der Waals surface area (Å²) in [4.78, 5) is 0.496. The second-order valence-corrected chi connectivity index (χ2v) is 5.19. The summed E-state index contributed by atoms with van der Waals surface area (Å²) in [6, 6.07) is 7.75. The highest BCUT2D eigenvalue weighted by molar-refractivity contribution is 7.80. The van der Waals surface area contributed by atoms with E-state index in [-0.39, 0.29) is 6.10 Å². The summed E-state index contributed by atoms with van der Waals surface area (Å²) in [6.45, 7) is 6.29. The standard InChI is InChI=1S/C15H23NO3S/c1-12(2)18-9-7-17-8-10-19-14-5-3-13(4-6-14)11-15(16)20/h3-6,12H,7-11H2,1-2H3,(H2,16,20). The van der Waals surface area contributed by atoms with Crippen molar-refractivity contribution in [3.63, 3.8) is 0 Å². The molecule has 0 bridgehead atoms. The third-order valence-electron chi connectivity index (χ3n) is 2.48. The third kappa shape index (κ3) is 8.09. The maximum absolute atomic E-state index is 5.56. The van der Waals surface area contributed by atoms with Crippen molar-refractivity contribution in [2.45, 2.75) is 26.4 Å². The van der Waals surface area contributed by atoms with Crippen molar-refractivity contribution in [1.82, 2.24) is 0 Å². The Bertz CT molecular complexity index is 393. The fraction of sp³-hybridized carbons (Fsp3) is 0.533. The van der Waals surface area contributed by atoms with Gasteiger partial charge in [-0.3, -0.25) is 0 Å². The zero-order valence-corrected chi connectivity index (χ0v) is 12.9. The van der Waals surface area contributed by atoms with Gasteiger partial charge >= 0.3 is 0 Å². The Balaban J connectivity index is 2.11. The van der Waals surface area contributed by atoms with Gasteiger partial charge in [0.25, 0.3) is 0 Å². The lowest BCUT2D eigenvalue weighted by Gasteiger charge is -2.09. The van der Waals surface area contributed by atoms with Gasteiger partial charge in [0, 0.05) is 6.42 Å². The molecule has 0 fully saturated rings. The summed E-state index contributed by atoms with van der Waals surface area (Å²) >= 11 is 4.87. The molecule has 0 aliphatic rings. The molecule has 4 nitrogen and oxygen atoms in total. The number of nitrogens with two attached hydrogens (primary N) is 1. The lowest BCUT2D eigenvalue weighted by molar-refractivity contribution is 0.0124. The van der Waals surface area contributed by atoms with E-state index in [4.69, 9.17) is 32.2 Å². The fourth-order valence-corrected chi connectivity index (χ4v) is 1.73. The van der Waals surface area contributed by atoms with Crippen LogP contribution in [0, 0.1) is 0 Å². The Hall–Kier alpha value is -1.17. The molecule has 0 saturated heterocycles. The summed E-state index contributed by atoms with van der Waals surface area (Å²) in [5, 5.41) is 0. The van der Waals surface area contributed by atoms with Crippen LogP contribution >= 0.6 is 12.2 Å². The Morgan fingerprint density at radius 1 is 1.10 bits per heavy atom. The second kappa shape index (κ2) is 9.69. The van der Waals surface area contributed by atoms with Gasteiger partial charge in [-0.15, -0.1) is 0 Å². The number of thiocarbonyl (C=S) groups is 1. The number of hydrogen-bond acceptors (Lipinski definition) is 4. The summed E-state index contributed by atoms with van der Waals surface area (Å²) in [6.07, 6.45) is 0.865. The highest BCUT2D eigenvalue weighted by atomic mass is 32.1. The molecule has 0 heterocycles. The van der Waals surface area contributed by atoms with Crippen LogP contribution in [-0.4, -0.2) is 37.5 Å². The molecule has 5 heteroatoms. The minimum Gasteiger partial charge on any atom is -0.491 e. The average molecular weight is 297 g/mol. The van der Waals surface area contributed by atoms with Crippen molar-refractivity contribution < 1.29 is 14.2 Å². The van der Waals surface area contributed by atoms with Crippen molar-refractivity contribution in [3.05, 3.63) is 29.8 Å². The van der Waals surface area contributed by atoms with E-state index >= 15 is 0 Å². The lowest BCUT2D eigenvalue weighted by atomic mass is 10.1. The number of hydrogen-bond donors (Lipinski definition) is 1. The zero-order valence-electron chi connectivity index (χ0n) is 12.1. The van der Waals surface area contributed by atoms with Crippen LogP contribution in [0.25, 0.3) is 0 Å². The third-order valence-corrected chi connectivity index (χ3v) is 2.62. The van der Waals surface area contributed by atoms with Crippen molar-refractivity contribution in [2.75, 3.05) is 26.4 Å². The highest BCUT2D eigenvalue weighted by Gasteiger charge is 1.98. The smallest absolute Gasteiger partial charge is 0.119 e. The minimum atomic E-state index is 0.245. The summed E-state index contributed by atoms with van der Waals surface area (Å²) in [7, 11) is 0. The second-order valence-electron chi connectivity index (χ2n) is 4.67. The average Bonchev–Trinajstić information content (AvgIpc) is 2.38. The Kier molecular flexibility index (Phi) is 8.18. The normalized spacial score (nSPS) is 10.8. The molecule has 0 amide bonds. The maximum atomic E-state index is 5.56. The number of ether oxygens (including phenoxy) is 3. The number of rotatable bonds is 10. The molecule has 0 saturated carbocycles. The van der Waals surface area contributed by atoms with E-state index in [0.29, 0.717) is 37.8 Å². The summed E-state index contributed by atoms with van der Waals surface area (Å²) < 4.78 is 16.3. The van der Waals surface area contributed by atoms with Gasteiger partial charge in [0.1, 0.15) is 12.4 Å². The molecule has 0 aliphatic heterocycles. The van der Waals surface area contributed by atoms with Gasteiger partial charge in [-0.05, 0) is 31.5 Å². The van der Waals surface area contributed by atoms with E-state index in [1.165, 1.54) is 0 Å². The first kappa shape index (κ1) is 16.9. The molecule has 20 heavy (non-hydrogen) atoms. The molecule has 0 aromatic heterocycles. The first-order valence-electron chi connectivity index (χ1n) is 6.77. The van der Waals surface area contributed by atoms with Crippen molar-refractivity contribution in [3.8, 4) is 5.75 Å². The van der Waals surface area contributed by atoms with Crippen LogP contribution in [0.15, 0.2) is 24.3 Å². The molecule has 2 N–H and O–H groups in total. The molecular weight excluding hydrogens is 274 g/mol. The predicted octanol–water partition coefficient (Wildman–Crippen LogP) is 2.34. The molecule has 0 aliphatic carbocycles. The van der Waals surface area contributed by atoms with Crippen LogP contribution in [0.1, 0.15) is 19.4 Å². The van der Waals surface area contributed by atoms with Crippen molar-refractivity contribution >= 4 is 17.2 Å². The quantitative estimate of drug-likeness (QED) is 0.530. The molecule has 1 rings (SSSR count). The van der Waals surface area contributed by atoms with Crippen LogP contribution in [0.3, 0.4) is 0 Å². The van der Waals surface area contributed by atoms with E-state index < -0.39 is 0 Å². The van der Waals surface area contributed by atoms with Gasteiger partial charge in [0.2, 0.25) is 0 Å². The Morgan fingerprint density at radius 2 is 1.75 bits per heavy atom. The van der Waals surface area contributed by atoms with Gasteiger partial charge in [0.05, 0.1) is 30.9 Å². The largest absolute Gasteiger partial charge is 0.491 e. The van der Waals surface area contributed by atoms with Gasteiger partial charge in [-0.25, -0.2) is 0 Å². The van der Waals surface area contributed by atoms with E-state index in [1.54, 1.807) is 0 Å². The molecule has 112 valence electrons. The molecule has 0 radical (unpaired) electrons. The van der Waals surface area contributed by atoms with Gasteiger partial charge < -0.3 is 19.9 Å². The van der Waals surface area contributed by atoms with Gasteiger partial charge in [0.15, 0.2) is 0 Å². The van der Waals surface area contributed by atoms with Crippen molar-refractivity contribution in [1.29, 1.82) is 0 Å². The topological polar surface area (TPSA) is 53.7 Å². The SMILES string of the molecule is CC(C)OCCOCCOc1ccc(CC(N)=S)cc1. The van der Waals surface area contributed by atoms with Crippen LogP contribution in [0.5, 0.6) is 5.75 Å². The van der Waals surface area contributed by atoms with Gasteiger partial charge in [-0.2, -0.15) is 0 Å². The maximum Gasteiger partial charge on any atom is 0.119 e. The van der Waals surface area contributed by atoms with E-state index in [2.05, 4.69) is 0 Å². The number of benzene rings is 1. The first-order valence-corrected chi connectivity index (χ1v) is 7.18. The summed E-state index contributed by atoms with van der Waals surface area (Å²) in [5.41, 5.74) is 6.58. The molecular formula is C15H23NO3S. The molecule has 1 aromatic rings. The molecule has 0 atom stereocenters. The van der Waals surface area contributed by atoms with Crippen LogP contribution < -0.4 is 10.5 Å². The zero-order chi connectivity index (χ0) is 14.8. The predicted molar refractivity (Wildman–Crippen MR) is 84.3 cm³/mol. The molecule has 1 aromatic carbocycles. The molecule has 0 unspecified atom stereocenters. The minimum absolute atomic E-state index is 0.245. The fourth-order valence-electron chi connectivity index (χ4n) is 1.57. The van der Waals surface area contributed by atoms with E-state index in [0.717, 1.165) is 11.3 Å². The monoisotopic (exact) mass is 297 g/mol. The van der Waals surface area contributed by atoms with Crippen LogP contribution in [0.2, 0.25) is 0 Å². The lowest BCUT2D eigenvalue weighted by Crippen LogP contribution is -2.13.